The first kappa shape index (κ1) is 16.3. The van der Waals surface area contributed by atoms with Gasteiger partial charge in [-0.15, -0.1) is 0 Å². The maximum Gasteiger partial charge on any atom is 0.255 e. The molecule has 0 spiro atoms. The lowest BCUT2D eigenvalue weighted by atomic mass is 9.95. The third-order valence-electron chi connectivity index (χ3n) is 5.39. The first-order valence-corrected chi connectivity index (χ1v) is 9.39. The van der Waals surface area contributed by atoms with Crippen LogP contribution in [0.15, 0.2) is 22.9 Å². The van der Waals surface area contributed by atoms with Gasteiger partial charge in [0.25, 0.3) is 5.91 Å². The normalized spacial score (nSPS) is 20.1. The van der Waals surface area contributed by atoms with Gasteiger partial charge in [0.15, 0.2) is 0 Å². The third kappa shape index (κ3) is 3.08. The van der Waals surface area contributed by atoms with Crippen LogP contribution in [0.5, 0.6) is 0 Å². The number of aromatic nitrogens is 2. The predicted octanol–water partition coefficient (Wildman–Crippen LogP) is 4.05. The number of rotatable bonds is 3. The first-order chi connectivity index (χ1) is 12.1. The van der Waals surface area contributed by atoms with Crippen LogP contribution >= 0.6 is 0 Å². The van der Waals surface area contributed by atoms with Crippen molar-refractivity contribution in [1.29, 1.82) is 0 Å². The second kappa shape index (κ2) is 6.62. The van der Waals surface area contributed by atoms with E-state index in [0.717, 1.165) is 43.7 Å². The Morgan fingerprint density at radius 2 is 2.08 bits per heavy atom. The van der Waals surface area contributed by atoms with Gasteiger partial charge in [-0.2, -0.15) is 0 Å². The summed E-state index contributed by atoms with van der Waals surface area (Å²) in [6, 6.07) is 4.08. The number of carbonyl (C=O) groups excluding carboxylic acids is 1. The Hall–Kier alpha value is -2.17. The van der Waals surface area contributed by atoms with E-state index in [0.29, 0.717) is 11.5 Å². The van der Waals surface area contributed by atoms with E-state index in [9.17, 15) is 4.79 Å². The molecular weight excluding hydrogens is 314 g/mol. The highest BCUT2D eigenvalue weighted by atomic mass is 16.5. The number of nitrogens with zero attached hydrogens (tertiary/aromatic N) is 3. The van der Waals surface area contributed by atoms with Crippen molar-refractivity contribution < 1.29 is 9.32 Å². The molecule has 2 aromatic heterocycles. The maximum absolute atomic E-state index is 13.1. The number of fused-ring (bicyclic) bond motifs is 1. The molecule has 0 N–H and O–H groups in total. The fourth-order valence-electron chi connectivity index (χ4n) is 3.92. The largest absolute Gasteiger partial charge is 0.361 e. The molecule has 1 atom stereocenters. The highest BCUT2D eigenvalue weighted by molar-refractivity contribution is 5.94. The fraction of sp³-hybridized carbons (Fsp3) is 0.550. The van der Waals surface area contributed by atoms with Crippen molar-refractivity contribution in [3.63, 3.8) is 0 Å². The third-order valence-corrected chi connectivity index (χ3v) is 5.39. The minimum atomic E-state index is 0.0137. The van der Waals surface area contributed by atoms with Gasteiger partial charge in [-0.25, -0.2) is 0 Å². The van der Waals surface area contributed by atoms with Gasteiger partial charge in [0.2, 0.25) is 0 Å². The van der Waals surface area contributed by atoms with Crippen molar-refractivity contribution >= 4 is 5.91 Å². The van der Waals surface area contributed by atoms with E-state index in [4.69, 9.17) is 4.52 Å². The average Bonchev–Trinajstić information content (AvgIpc) is 3.29. The molecule has 0 saturated carbocycles. The summed E-state index contributed by atoms with van der Waals surface area (Å²) in [6.45, 7) is 4.94. The summed E-state index contributed by atoms with van der Waals surface area (Å²) in [5.41, 5.74) is 4.00. The molecule has 2 aliphatic rings. The number of hydrogen-bond donors (Lipinski definition) is 0. The zero-order valence-corrected chi connectivity index (χ0v) is 15.0. The van der Waals surface area contributed by atoms with E-state index in [-0.39, 0.29) is 11.9 Å². The molecule has 2 aromatic rings. The Balaban J connectivity index is 1.58. The lowest BCUT2D eigenvalue weighted by molar-refractivity contribution is 0.0730. The second-order valence-corrected chi connectivity index (χ2v) is 7.50. The minimum Gasteiger partial charge on any atom is -0.361 e. The van der Waals surface area contributed by atoms with Crippen LogP contribution in [0.3, 0.4) is 0 Å². The highest BCUT2D eigenvalue weighted by Gasteiger charge is 2.33. The highest BCUT2D eigenvalue weighted by Crippen LogP contribution is 2.34. The summed E-state index contributed by atoms with van der Waals surface area (Å²) in [5.74, 6) is 1.25. The Morgan fingerprint density at radius 3 is 2.88 bits per heavy atom. The molecule has 1 unspecified atom stereocenters. The Kier molecular flexibility index (Phi) is 4.32. The van der Waals surface area contributed by atoms with Crippen LogP contribution in [0.2, 0.25) is 0 Å². The summed E-state index contributed by atoms with van der Waals surface area (Å²) in [6.07, 6.45) is 8.15. The van der Waals surface area contributed by atoms with Crippen molar-refractivity contribution in [2.75, 3.05) is 6.54 Å². The molecule has 1 saturated heterocycles. The topological polar surface area (TPSA) is 59.2 Å². The molecule has 5 nitrogen and oxygen atoms in total. The summed E-state index contributed by atoms with van der Waals surface area (Å²) in [7, 11) is 0. The van der Waals surface area contributed by atoms with Gasteiger partial charge in [0, 0.05) is 30.4 Å². The summed E-state index contributed by atoms with van der Waals surface area (Å²) >= 11 is 0. The summed E-state index contributed by atoms with van der Waals surface area (Å²) in [5, 5.41) is 4.23. The molecule has 4 rings (SSSR count). The molecule has 132 valence electrons. The average molecular weight is 339 g/mol. The van der Waals surface area contributed by atoms with Crippen LogP contribution < -0.4 is 0 Å². The van der Waals surface area contributed by atoms with Crippen molar-refractivity contribution in [3.05, 3.63) is 46.6 Å². The Labute approximate surface area is 148 Å². The smallest absolute Gasteiger partial charge is 0.255 e. The van der Waals surface area contributed by atoms with Crippen molar-refractivity contribution in [2.45, 2.75) is 64.3 Å². The number of likely N-dealkylation sites (tertiary alicyclic amines) is 1. The molecule has 0 radical (unpaired) electrons. The Bertz CT molecular complexity index is 781. The first-order valence-electron chi connectivity index (χ1n) is 9.39. The molecule has 3 heterocycles. The molecule has 25 heavy (non-hydrogen) atoms. The Morgan fingerprint density at radius 1 is 1.24 bits per heavy atom. The van der Waals surface area contributed by atoms with Crippen molar-refractivity contribution in [1.82, 2.24) is 15.0 Å². The maximum atomic E-state index is 13.1. The van der Waals surface area contributed by atoms with E-state index in [2.05, 4.69) is 30.1 Å². The number of aryl methyl sites for hydroxylation is 2. The standard InChI is InChI=1S/C20H25N3O2/c1-13(2)19-11-17(22-25-19)18-8-5-9-23(18)20(24)15-10-14-6-3-4-7-16(14)21-12-15/h10-13,18H,3-9H2,1-2H3. The van der Waals surface area contributed by atoms with Gasteiger partial charge >= 0.3 is 0 Å². The van der Waals surface area contributed by atoms with Gasteiger partial charge in [0.1, 0.15) is 11.5 Å². The van der Waals surface area contributed by atoms with Crippen LogP contribution in [0, 0.1) is 0 Å². The summed E-state index contributed by atoms with van der Waals surface area (Å²) in [4.78, 5) is 19.6. The molecule has 5 heteroatoms. The van der Waals surface area contributed by atoms with Gasteiger partial charge in [0.05, 0.1) is 11.6 Å². The number of pyridine rings is 1. The molecule has 1 aliphatic carbocycles. The summed E-state index contributed by atoms with van der Waals surface area (Å²) < 4.78 is 5.45. The van der Waals surface area contributed by atoms with Crippen LogP contribution in [0.1, 0.15) is 84.6 Å². The van der Waals surface area contributed by atoms with E-state index < -0.39 is 0 Å². The van der Waals surface area contributed by atoms with E-state index in [1.165, 1.54) is 24.1 Å². The number of carbonyl (C=O) groups is 1. The molecule has 1 amide bonds. The lowest BCUT2D eigenvalue weighted by Gasteiger charge is -2.24. The van der Waals surface area contributed by atoms with Gasteiger partial charge in [-0.3, -0.25) is 9.78 Å². The van der Waals surface area contributed by atoms with Crippen LogP contribution in [-0.4, -0.2) is 27.5 Å². The SMILES string of the molecule is CC(C)c1cc(C2CCCN2C(=O)c2cnc3c(c2)CCCC3)no1. The van der Waals surface area contributed by atoms with E-state index in [1.807, 2.05) is 11.0 Å². The molecule has 1 fully saturated rings. The molecule has 0 bridgehead atoms. The lowest BCUT2D eigenvalue weighted by Crippen LogP contribution is -2.31. The predicted molar refractivity (Wildman–Crippen MR) is 94.5 cm³/mol. The monoisotopic (exact) mass is 339 g/mol. The zero-order valence-electron chi connectivity index (χ0n) is 15.0. The quantitative estimate of drug-likeness (QED) is 0.846. The van der Waals surface area contributed by atoms with Crippen molar-refractivity contribution in [3.8, 4) is 0 Å². The molecular formula is C20H25N3O2. The minimum absolute atomic E-state index is 0.0137. The zero-order chi connectivity index (χ0) is 17.4. The number of hydrogen-bond acceptors (Lipinski definition) is 4. The van der Waals surface area contributed by atoms with Gasteiger partial charge in [-0.1, -0.05) is 19.0 Å². The van der Waals surface area contributed by atoms with Crippen LogP contribution in [0.4, 0.5) is 0 Å². The van der Waals surface area contributed by atoms with Gasteiger partial charge in [-0.05, 0) is 50.2 Å². The van der Waals surface area contributed by atoms with E-state index in [1.54, 1.807) is 6.20 Å². The van der Waals surface area contributed by atoms with Crippen molar-refractivity contribution in [2.24, 2.45) is 0 Å². The van der Waals surface area contributed by atoms with Gasteiger partial charge < -0.3 is 9.42 Å². The van der Waals surface area contributed by atoms with E-state index >= 15 is 0 Å². The fourth-order valence-corrected chi connectivity index (χ4v) is 3.92. The second-order valence-electron chi connectivity index (χ2n) is 7.50. The van der Waals surface area contributed by atoms with Crippen LogP contribution in [0.25, 0.3) is 0 Å². The molecule has 1 aliphatic heterocycles. The number of amides is 1. The molecule has 0 aromatic carbocycles. The van der Waals surface area contributed by atoms with Crippen LogP contribution in [-0.2, 0) is 12.8 Å².